The number of ether oxygens (including phenoxy) is 1. The van der Waals surface area contributed by atoms with Crippen molar-refractivity contribution in [2.24, 2.45) is 11.0 Å². The molecule has 1 saturated carbocycles. The van der Waals surface area contributed by atoms with Crippen molar-refractivity contribution >= 4 is 42.0 Å². The molecule has 1 N–H and O–H groups in total. The molecule has 0 bridgehead atoms. The molecule has 15 heavy (non-hydrogen) atoms. The van der Waals surface area contributed by atoms with Gasteiger partial charge in [-0.25, -0.2) is 4.83 Å². The van der Waals surface area contributed by atoms with E-state index in [0.717, 1.165) is 31.4 Å². The number of carbonyl (C=O) groups is 1. The summed E-state index contributed by atoms with van der Waals surface area (Å²) in [6, 6.07) is 0. The molecule has 1 aliphatic rings. The van der Waals surface area contributed by atoms with Crippen LogP contribution in [0.4, 0.5) is 0 Å². The molecule has 0 saturated heterocycles. The van der Waals surface area contributed by atoms with Crippen molar-refractivity contribution in [3.05, 3.63) is 0 Å². The SMILES string of the molecule is CCOC(=O)C1CCC(=NNSI)CC1. The first-order valence-electron chi connectivity index (χ1n) is 5.02. The molecule has 0 aromatic heterocycles. The Morgan fingerprint density at radius 1 is 1.67 bits per heavy atom. The molecule has 86 valence electrons. The highest BCUT2D eigenvalue weighted by molar-refractivity contribution is 14.2. The Kier molecular flexibility index (Phi) is 6.39. The molecule has 1 fully saturated rings. The molecule has 0 radical (unpaired) electrons. The Balaban J connectivity index is 2.32. The van der Waals surface area contributed by atoms with Crippen LogP contribution in [0.3, 0.4) is 0 Å². The maximum atomic E-state index is 11.4. The number of halogens is 1. The average molecular weight is 342 g/mol. The minimum atomic E-state index is -0.0484. The maximum Gasteiger partial charge on any atom is 0.308 e. The van der Waals surface area contributed by atoms with Crippen LogP contribution in [0.1, 0.15) is 32.6 Å². The molecule has 0 aliphatic heterocycles. The normalized spacial score (nSPS) is 20.9. The molecule has 1 aliphatic carbocycles. The molecule has 0 atom stereocenters. The molecule has 0 heterocycles. The number of esters is 1. The fourth-order valence-electron chi connectivity index (χ4n) is 1.64. The van der Waals surface area contributed by atoms with Gasteiger partial charge in [-0.1, -0.05) is 0 Å². The molecule has 4 nitrogen and oxygen atoms in total. The lowest BCUT2D eigenvalue weighted by molar-refractivity contribution is -0.148. The highest BCUT2D eigenvalue weighted by Crippen LogP contribution is 2.23. The lowest BCUT2D eigenvalue weighted by Crippen LogP contribution is -2.24. The molecular formula is C9H15IN2O2S. The monoisotopic (exact) mass is 342 g/mol. The Morgan fingerprint density at radius 3 is 2.87 bits per heavy atom. The van der Waals surface area contributed by atoms with Gasteiger partial charge in [-0.15, -0.1) is 0 Å². The summed E-state index contributed by atoms with van der Waals surface area (Å²) in [5.74, 6) is 0.0314. The topological polar surface area (TPSA) is 50.7 Å². The third kappa shape index (κ3) is 4.58. The van der Waals surface area contributed by atoms with E-state index in [0.29, 0.717) is 6.61 Å². The van der Waals surface area contributed by atoms with Crippen molar-refractivity contribution in [3.8, 4) is 0 Å². The van der Waals surface area contributed by atoms with Crippen molar-refractivity contribution in [1.29, 1.82) is 0 Å². The second kappa shape index (κ2) is 7.32. The predicted molar refractivity (Wildman–Crippen MR) is 70.8 cm³/mol. The largest absolute Gasteiger partial charge is 0.466 e. The number of hydrogen-bond acceptors (Lipinski definition) is 5. The zero-order chi connectivity index (χ0) is 11.1. The molecule has 0 amide bonds. The van der Waals surface area contributed by atoms with Gasteiger partial charge in [0.15, 0.2) is 0 Å². The molecule has 6 heteroatoms. The third-order valence-corrected chi connectivity index (χ3v) is 3.17. The molecule has 0 aromatic rings. The summed E-state index contributed by atoms with van der Waals surface area (Å²) in [5.41, 5.74) is 1.15. The molecular weight excluding hydrogens is 327 g/mol. The van der Waals surface area contributed by atoms with Gasteiger partial charge in [0.25, 0.3) is 0 Å². The van der Waals surface area contributed by atoms with E-state index in [4.69, 9.17) is 4.74 Å². The van der Waals surface area contributed by atoms with Crippen LogP contribution >= 0.6 is 30.3 Å². The summed E-state index contributed by atoms with van der Waals surface area (Å²) in [6.07, 6.45) is 3.53. The van der Waals surface area contributed by atoms with Crippen LogP contribution in [0.2, 0.25) is 0 Å². The van der Waals surface area contributed by atoms with E-state index < -0.39 is 0 Å². The fraction of sp³-hybridized carbons (Fsp3) is 0.778. The van der Waals surface area contributed by atoms with Crippen LogP contribution in [-0.2, 0) is 9.53 Å². The smallest absolute Gasteiger partial charge is 0.308 e. The highest BCUT2D eigenvalue weighted by Gasteiger charge is 2.24. The minimum Gasteiger partial charge on any atom is -0.466 e. The van der Waals surface area contributed by atoms with Gasteiger partial charge < -0.3 is 4.74 Å². The Bertz CT molecular complexity index is 238. The molecule has 1 rings (SSSR count). The van der Waals surface area contributed by atoms with Crippen molar-refractivity contribution in [2.45, 2.75) is 32.6 Å². The van der Waals surface area contributed by atoms with Crippen molar-refractivity contribution in [2.75, 3.05) is 6.61 Å². The number of nitrogens with zero attached hydrogens (tertiary/aromatic N) is 1. The van der Waals surface area contributed by atoms with Gasteiger partial charge in [0.05, 0.1) is 12.5 Å². The Morgan fingerprint density at radius 2 is 2.33 bits per heavy atom. The summed E-state index contributed by atoms with van der Waals surface area (Å²) < 4.78 is 5.00. The van der Waals surface area contributed by atoms with Gasteiger partial charge in [-0.05, 0) is 32.6 Å². The van der Waals surface area contributed by atoms with Gasteiger partial charge in [-0.2, -0.15) is 5.10 Å². The first-order valence-corrected chi connectivity index (χ1v) is 8.38. The number of rotatable bonds is 4. The zero-order valence-electron chi connectivity index (χ0n) is 8.66. The van der Waals surface area contributed by atoms with E-state index in [2.05, 4.69) is 31.1 Å². The average Bonchev–Trinajstić information content (AvgIpc) is 2.27. The predicted octanol–water partition coefficient (Wildman–Crippen LogP) is 2.68. The summed E-state index contributed by atoms with van der Waals surface area (Å²) in [5, 5.41) is 4.21. The first kappa shape index (κ1) is 13.1. The summed E-state index contributed by atoms with van der Waals surface area (Å²) >= 11 is 2.13. The van der Waals surface area contributed by atoms with Crippen molar-refractivity contribution in [1.82, 2.24) is 4.83 Å². The standard InChI is InChI=1S/C9H15IN2O2S/c1-2-14-9(13)7-3-5-8(6-4-7)11-12-15-10/h7,12H,2-6H2,1H3. The number of carbonyl (C=O) groups excluding carboxylic acids is 1. The van der Waals surface area contributed by atoms with E-state index >= 15 is 0 Å². The van der Waals surface area contributed by atoms with Crippen LogP contribution in [-0.4, -0.2) is 18.3 Å². The quantitative estimate of drug-likeness (QED) is 0.369. The summed E-state index contributed by atoms with van der Waals surface area (Å²) in [7, 11) is 1.45. The Labute approximate surface area is 106 Å². The first-order chi connectivity index (χ1) is 7.27. The summed E-state index contributed by atoms with van der Waals surface area (Å²) in [4.78, 5) is 14.3. The van der Waals surface area contributed by atoms with Gasteiger partial charge in [0, 0.05) is 36.0 Å². The van der Waals surface area contributed by atoms with Crippen molar-refractivity contribution in [3.63, 3.8) is 0 Å². The highest BCUT2D eigenvalue weighted by atomic mass is 127. The lowest BCUT2D eigenvalue weighted by atomic mass is 9.88. The van der Waals surface area contributed by atoms with Gasteiger partial charge in [0.2, 0.25) is 0 Å². The number of nitrogens with one attached hydrogen (secondary N) is 1. The van der Waals surface area contributed by atoms with E-state index in [1.807, 2.05) is 6.92 Å². The van der Waals surface area contributed by atoms with E-state index in [9.17, 15) is 4.79 Å². The van der Waals surface area contributed by atoms with Crippen LogP contribution < -0.4 is 4.83 Å². The van der Waals surface area contributed by atoms with Crippen LogP contribution in [0, 0.1) is 5.92 Å². The van der Waals surface area contributed by atoms with E-state index in [1.165, 1.54) is 9.12 Å². The molecule has 0 spiro atoms. The minimum absolute atomic E-state index is 0.0484. The zero-order valence-corrected chi connectivity index (χ0v) is 11.6. The Hall–Kier alpha value is 0.0200. The second-order valence-corrected chi connectivity index (χ2v) is 5.03. The van der Waals surface area contributed by atoms with Gasteiger partial charge in [-0.3, -0.25) is 4.79 Å². The molecule has 0 aromatic carbocycles. The maximum absolute atomic E-state index is 11.4. The van der Waals surface area contributed by atoms with Gasteiger partial charge >= 0.3 is 5.97 Å². The fourth-order valence-corrected chi connectivity index (χ4v) is 2.10. The number of hydrazone groups is 1. The van der Waals surface area contributed by atoms with Crippen LogP contribution in [0.15, 0.2) is 5.10 Å². The van der Waals surface area contributed by atoms with Crippen LogP contribution in [0.25, 0.3) is 0 Å². The third-order valence-electron chi connectivity index (χ3n) is 2.42. The lowest BCUT2D eigenvalue weighted by Gasteiger charge is -2.21. The van der Waals surface area contributed by atoms with Crippen LogP contribution in [0.5, 0.6) is 0 Å². The van der Waals surface area contributed by atoms with E-state index in [1.54, 1.807) is 0 Å². The summed E-state index contributed by atoms with van der Waals surface area (Å²) in [6.45, 7) is 2.32. The van der Waals surface area contributed by atoms with Gasteiger partial charge in [0.1, 0.15) is 0 Å². The second-order valence-electron chi connectivity index (χ2n) is 3.37. The van der Waals surface area contributed by atoms with Crippen molar-refractivity contribution < 1.29 is 9.53 Å². The molecule has 0 unspecified atom stereocenters. The number of hydrogen-bond donors (Lipinski definition) is 1. The van der Waals surface area contributed by atoms with E-state index in [-0.39, 0.29) is 11.9 Å².